The van der Waals surface area contributed by atoms with Crippen molar-refractivity contribution in [2.75, 3.05) is 0 Å². The summed E-state index contributed by atoms with van der Waals surface area (Å²) in [5.41, 5.74) is 2.63. The van der Waals surface area contributed by atoms with Crippen molar-refractivity contribution in [3.05, 3.63) is 99.5 Å². The van der Waals surface area contributed by atoms with E-state index in [4.69, 9.17) is 32.7 Å². The van der Waals surface area contributed by atoms with Crippen molar-refractivity contribution in [2.24, 2.45) is 0 Å². The van der Waals surface area contributed by atoms with Crippen molar-refractivity contribution in [3.63, 3.8) is 0 Å². The van der Waals surface area contributed by atoms with Crippen molar-refractivity contribution in [2.45, 2.75) is 24.9 Å². The number of halogens is 3. The standard InChI is InChI=1S/C21H16Cl2FNO2/c22-15-5-8-17(18(23)11-15)21-20(14-2-1-9-25-12-14)26-19(27-21)10-13-3-6-16(24)7-4-13/h1-9,11-12,19-21H,10H2. The fourth-order valence-corrected chi connectivity index (χ4v) is 3.69. The van der Waals surface area contributed by atoms with E-state index in [-0.39, 0.29) is 11.9 Å². The van der Waals surface area contributed by atoms with Crippen LogP contribution in [-0.4, -0.2) is 11.3 Å². The van der Waals surface area contributed by atoms with Crippen molar-refractivity contribution >= 4 is 23.2 Å². The van der Waals surface area contributed by atoms with E-state index >= 15 is 0 Å². The molecule has 0 saturated carbocycles. The minimum Gasteiger partial charge on any atom is -0.341 e. The lowest BCUT2D eigenvalue weighted by molar-refractivity contribution is -0.0651. The highest BCUT2D eigenvalue weighted by molar-refractivity contribution is 6.35. The Morgan fingerprint density at radius 2 is 1.74 bits per heavy atom. The van der Waals surface area contributed by atoms with Gasteiger partial charge in [0.05, 0.1) is 0 Å². The first kappa shape index (κ1) is 18.4. The molecule has 6 heteroatoms. The first-order chi connectivity index (χ1) is 13.1. The Kier molecular flexibility index (Phi) is 5.41. The average molecular weight is 404 g/mol. The minimum atomic E-state index is -0.489. The molecule has 1 fully saturated rings. The summed E-state index contributed by atoms with van der Waals surface area (Å²) in [6.45, 7) is 0. The van der Waals surface area contributed by atoms with E-state index in [9.17, 15) is 4.39 Å². The molecule has 1 aliphatic heterocycles. The first-order valence-corrected chi connectivity index (χ1v) is 9.26. The third-order valence-corrected chi connectivity index (χ3v) is 5.03. The van der Waals surface area contributed by atoms with Crippen LogP contribution in [0.5, 0.6) is 0 Å². The summed E-state index contributed by atoms with van der Waals surface area (Å²) < 4.78 is 25.5. The van der Waals surface area contributed by atoms with Crippen molar-refractivity contribution in [1.82, 2.24) is 4.98 Å². The minimum absolute atomic E-state index is 0.272. The van der Waals surface area contributed by atoms with Crippen LogP contribution >= 0.6 is 23.2 Å². The third kappa shape index (κ3) is 4.14. The molecule has 1 saturated heterocycles. The largest absolute Gasteiger partial charge is 0.341 e. The van der Waals surface area contributed by atoms with E-state index in [1.54, 1.807) is 36.7 Å². The normalized spacial score (nSPS) is 22.1. The first-order valence-electron chi connectivity index (χ1n) is 8.50. The van der Waals surface area contributed by atoms with Gasteiger partial charge >= 0.3 is 0 Å². The quantitative estimate of drug-likeness (QED) is 0.541. The molecule has 0 amide bonds. The lowest BCUT2D eigenvalue weighted by atomic mass is 9.99. The van der Waals surface area contributed by atoms with Gasteiger partial charge < -0.3 is 9.47 Å². The monoisotopic (exact) mass is 403 g/mol. The molecular weight excluding hydrogens is 388 g/mol. The maximum atomic E-state index is 13.1. The zero-order chi connectivity index (χ0) is 18.8. The maximum absolute atomic E-state index is 13.1. The molecule has 0 bridgehead atoms. The number of aromatic nitrogens is 1. The van der Waals surface area contributed by atoms with Gasteiger partial charge in [-0.05, 0) is 35.9 Å². The lowest BCUT2D eigenvalue weighted by Gasteiger charge is -2.18. The number of ether oxygens (including phenoxy) is 2. The van der Waals surface area contributed by atoms with Gasteiger partial charge in [0.1, 0.15) is 18.0 Å². The predicted molar refractivity (Wildman–Crippen MR) is 102 cm³/mol. The van der Waals surface area contributed by atoms with E-state index in [2.05, 4.69) is 4.98 Å². The zero-order valence-corrected chi connectivity index (χ0v) is 15.7. The number of benzene rings is 2. The number of nitrogens with zero attached hydrogens (tertiary/aromatic N) is 1. The van der Waals surface area contributed by atoms with Gasteiger partial charge in [0.15, 0.2) is 6.29 Å². The van der Waals surface area contributed by atoms with Crippen LogP contribution < -0.4 is 0 Å². The lowest BCUT2D eigenvalue weighted by Crippen LogP contribution is -2.12. The Bertz CT molecular complexity index is 921. The van der Waals surface area contributed by atoms with E-state index in [1.165, 1.54) is 12.1 Å². The van der Waals surface area contributed by atoms with E-state index in [0.29, 0.717) is 16.5 Å². The molecule has 0 N–H and O–H groups in total. The van der Waals surface area contributed by atoms with Gasteiger partial charge in [-0.2, -0.15) is 0 Å². The molecule has 138 valence electrons. The molecule has 4 rings (SSSR count). The second-order valence-corrected chi connectivity index (χ2v) is 7.17. The molecular formula is C21H16Cl2FNO2. The average Bonchev–Trinajstić information content (AvgIpc) is 3.08. The summed E-state index contributed by atoms with van der Waals surface area (Å²) >= 11 is 12.4. The van der Waals surface area contributed by atoms with Gasteiger partial charge in [-0.25, -0.2) is 4.39 Å². The Morgan fingerprint density at radius 3 is 2.44 bits per heavy atom. The van der Waals surface area contributed by atoms with Crippen molar-refractivity contribution in [1.29, 1.82) is 0 Å². The van der Waals surface area contributed by atoms with Gasteiger partial charge in [-0.15, -0.1) is 0 Å². The second-order valence-electron chi connectivity index (χ2n) is 6.33. The Balaban J connectivity index is 1.63. The van der Waals surface area contributed by atoms with Crippen LogP contribution in [0.4, 0.5) is 4.39 Å². The third-order valence-electron chi connectivity index (χ3n) is 4.47. The molecule has 1 aliphatic rings. The van der Waals surface area contributed by atoms with Crippen LogP contribution in [0.25, 0.3) is 0 Å². The van der Waals surface area contributed by atoms with E-state index in [1.807, 2.05) is 18.2 Å². The molecule has 3 unspecified atom stereocenters. The summed E-state index contributed by atoms with van der Waals surface area (Å²) in [6.07, 6.45) is 2.72. The van der Waals surface area contributed by atoms with Gasteiger partial charge in [0.2, 0.25) is 0 Å². The Labute approximate surface area is 166 Å². The molecule has 3 aromatic rings. The van der Waals surface area contributed by atoms with Crippen LogP contribution in [-0.2, 0) is 15.9 Å². The van der Waals surface area contributed by atoms with Crippen LogP contribution in [0.2, 0.25) is 10.0 Å². The van der Waals surface area contributed by atoms with Crippen LogP contribution in [0.15, 0.2) is 67.0 Å². The number of hydrogen-bond acceptors (Lipinski definition) is 3. The summed E-state index contributed by atoms with van der Waals surface area (Å²) in [5.74, 6) is -0.272. The highest BCUT2D eigenvalue weighted by Crippen LogP contribution is 2.45. The fraction of sp³-hybridized carbons (Fsp3) is 0.190. The Morgan fingerprint density at radius 1 is 0.963 bits per heavy atom. The zero-order valence-electron chi connectivity index (χ0n) is 14.2. The van der Waals surface area contributed by atoms with Gasteiger partial charge in [-0.3, -0.25) is 4.98 Å². The molecule has 3 atom stereocenters. The molecule has 0 radical (unpaired) electrons. The molecule has 0 aliphatic carbocycles. The van der Waals surface area contributed by atoms with Crippen LogP contribution in [0.3, 0.4) is 0 Å². The number of pyridine rings is 1. The Hall–Kier alpha value is -1.98. The summed E-state index contributed by atoms with van der Waals surface area (Å²) in [7, 11) is 0. The highest BCUT2D eigenvalue weighted by atomic mass is 35.5. The molecule has 3 nitrogen and oxygen atoms in total. The van der Waals surface area contributed by atoms with E-state index < -0.39 is 12.4 Å². The molecule has 2 aromatic carbocycles. The van der Waals surface area contributed by atoms with Crippen LogP contribution in [0, 0.1) is 5.82 Å². The predicted octanol–water partition coefficient (Wildman–Crippen LogP) is 5.93. The second kappa shape index (κ2) is 7.95. The maximum Gasteiger partial charge on any atom is 0.163 e. The van der Waals surface area contributed by atoms with Gasteiger partial charge in [0, 0.05) is 40.0 Å². The summed E-state index contributed by atoms with van der Waals surface area (Å²) in [6, 6.07) is 15.4. The number of rotatable bonds is 4. The van der Waals surface area contributed by atoms with Crippen LogP contribution in [0.1, 0.15) is 28.9 Å². The van der Waals surface area contributed by atoms with Crippen molar-refractivity contribution < 1.29 is 13.9 Å². The SMILES string of the molecule is Fc1ccc(CC2OC(c3cccnc3)C(c3ccc(Cl)cc3Cl)O2)cc1. The fourth-order valence-electron chi connectivity index (χ4n) is 3.18. The van der Waals surface area contributed by atoms with Gasteiger partial charge in [0.25, 0.3) is 0 Å². The molecule has 27 heavy (non-hydrogen) atoms. The summed E-state index contributed by atoms with van der Waals surface area (Å²) in [4.78, 5) is 4.18. The molecule has 0 spiro atoms. The molecule has 1 aromatic heterocycles. The van der Waals surface area contributed by atoms with Gasteiger partial charge in [-0.1, -0.05) is 47.5 Å². The smallest absolute Gasteiger partial charge is 0.163 e. The topological polar surface area (TPSA) is 31.4 Å². The van der Waals surface area contributed by atoms with Crippen molar-refractivity contribution in [3.8, 4) is 0 Å². The summed E-state index contributed by atoms with van der Waals surface area (Å²) in [5, 5.41) is 1.08. The molecule has 2 heterocycles. The number of hydrogen-bond donors (Lipinski definition) is 0. The van der Waals surface area contributed by atoms with E-state index in [0.717, 1.165) is 16.7 Å². The highest BCUT2D eigenvalue weighted by Gasteiger charge is 2.39.